The maximum Gasteiger partial charge on any atom is 0.119 e. The van der Waals surface area contributed by atoms with Gasteiger partial charge in [-0.05, 0) is 44.8 Å². The lowest BCUT2D eigenvalue weighted by Crippen LogP contribution is -2.35. The smallest absolute Gasteiger partial charge is 0.119 e. The van der Waals surface area contributed by atoms with E-state index in [9.17, 15) is 0 Å². The van der Waals surface area contributed by atoms with Gasteiger partial charge in [0.05, 0.1) is 0 Å². The molecule has 0 saturated carbocycles. The first-order valence-electron chi connectivity index (χ1n) is 7.85. The van der Waals surface area contributed by atoms with E-state index in [1.54, 1.807) is 0 Å². The van der Waals surface area contributed by atoms with E-state index in [1.807, 2.05) is 7.05 Å². The topological polar surface area (TPSA) is 27.7 Å². The van der Waals surface area contributed by atoms with Crippen LogP contribution in [0, 0.1) is 5.92 Å². The Labute approximate surface area is 129 Å². The fraction of sp³-hybridized carbons (Fsp3) is 0.647. The highest BCUT2D eigenvalue weighted by Gasteiger charge is 2.30. The number of hydrogen-bond donors (Lipinski definition) is 1. The summed E-state index contributed by atoms with van der Waals surface area (Å²) in [5, 5.41) is 3.15. The molecule has 4 heteroatoms. The van der Waals surface area contributed by atoms with Crippen molar-refractivity contribution in [3.63, 3.8) is 0 Å². The van der Waals surface area contributed by atoms with Crippen LogP contribution < -0.4 is 10.1 Å². The van der Waals surface area contributed by atoms with Crippen LogP contribution in [-0.4, -0.2) is 63.2 Å². The average Bonchev–Trinajstić information content (AvgIpc) is 2.82. The normalized spacial score (nSPS) is 22.9. The van der Waals surface area contributed by atoms with Gasteiger partial charge in [0.2, 0.25) is 0 Å². The molecule has 0 aliphatic carbocycles. The lowest BCUT2D eigenvalue weighted by atomic mass is 10.1. The Morgan fingerprint density at radius 2 is 1.95 bits per heavy atom. The van der Waals surface area contributed by atoms with Crippen molar-refractivity contribution in [2.45, 2.75) is 19.5 Å². The summed E-state index contributed by atoms with van der Waals surface area (Å²) < 4.78 is 5.86. The Morgan fingerprint density at radius 3 is 2.52 bits per heavy atom. The third-order valence-corrected chi connectivity index (χ3v) is 4.29. The van der Waals surface area contributed by atoms with Gasteiger partial charge >= 0.3 is 0 Å². The van der Waals surface area contributed by atoms with Gasteiger partial charge in [-0.1, -0.05) is 19.1 Å². The van der Waals surface area contributed by atoms with E-state index in [0.717, 1.165) is 37.9 Å². The van der Waals surface area contributed by atoms with Gasteiger partial charge in [0.15, 0.2) is 0 Å². The summed E-state index contributed by atoms with van der Waals surface area (Å²) in [4.78, 5) is 4.84. The van der Waals surface area contributed by atoms with Gasteiger partial charge < -0.3 is 15.0 Å². The molecule has 0 radical (unpaired) electrons. The molecular formula is C17H29N3O. The molecule has 2 atom stereocenters. The molecule has 1 N–H and O–H groups in total. The molecule has 1 aliphatic rings. The number of likely N-dealkylation sites (N-methyl/N-ethyl adjacent to an activating group) is 1. The molecule has 1 saturated heterocycles. The van der Waals surface area contributed by atoms with Gasteiger partial charge in [-0.25, -0.2) is 0 Å². The Kier molecular flexibility index (Phi) is 6.03. The van der Waals surface area contributed by atoms with Crippen LogP contribution in [0.25, 0.3) is 0 Å². The van der Waals surface area contributed by atoms with Crippen LogP contribution in [0.3, 0.4) is 0 Å². The number of likely N-dealkylation sites (tertiary alicyclic amines) is 1. The Hall–Kier alpha value is -1.10. The third-order valence-electron chi connectivity index (χ3n) is 4.29. The highest BCUT2D eigenvalue weighted by molar-refractivity contribution is 5.27. The van der Waals surface area contributed by atoms with Crippen LogP contribution in [-0.2, 0) is 6.54 Å². The van der Waals surface area contributed by atoms with Crippen molar-refractivity contribution < 1.29 is 4.74 Å². The number of ether oxygens (including phenoxy) is 1. The summed E-state index contributed by atoms with van der Waals surface area (Å²) in [6.45, 7) is 7.33. The van der Waals surface area contributed by atoms with Crippen molar-refractivity contribution in [3.05, 3.63) is 29.8 Å². The summed E-state index contributed by atoms with van der Waals surface area (Å²) in [7, 11) is 6.31. The zero-order chi connectivity index (χ0) is 15.2. The zero-order valence-electron chi connectivity index (χ0n) is 13.8. The molecule has 1 fully saturated rings. The number of nitrogens with zero attached hydrogens (tertiary/aromatic N) is 2. The lowest BCUT2D eigenvalue weighted by molar-refractivity contribution is 0.220. The second-order valence-electron chi connectivity index (χ2n) is 6.29. The van der Waals surface area contributed by atoms with E-state index in [4.69, 9.17) is 4.74 Å². The maximum atomic E-state index is 5.86. The zero-order valence-corrected chi connectivity index (χ0v) is 13.8. The molecular weight excluding hydrogens is 262 g/mol. The fourth-order valence-corrected chi connectivity index (χ4v) is 3.10. The van der Waals surface area contributed by atoms with Crippen LogP contribution in [0.5, 0.6) is 5.75 Å². The maximum absolute atomic E-state index is 5.86. The second-order valence-corrected chi connectivity index (χ2v) is 6.29. The Morgan fingerprint density at radius 1 is 1.24 bits per heavy atom. The summed E-state index contributed by atoms with van der Waals surface area (Å²) in [6, 6.07) is 9.02. The standard InChI is InChI=1S/C17H29N3O/c1-14-12-20(13-17(14)19(3)4)9-10-21-16-7-5-15(6-8-16)11-18-2/h5-8,14,17-18H,9-13H2,1-4H3. The summed E-state index contributed by atoms with van der Waals surface area (Å²) in [5.74, 6) is 1.70. The van der Waals surface area contributed by atoms with Gasteiger partial charge in [-0.15, -0.1) is 0 Å². The molecule has 2 unspecified atom stereocenters. The Balaban J connectivity index is 1.72. The van der Waals surface area contributed by atoms with Gasteiger partial charge in [0.25, 0.3) is 0 Å². The van der Waals surface area contributed by atoms with E-state index >= 15 is 0 Å². The van der Waals surface area contributed by atoms with E-state index in [2.05, 4.69) is 60.4 Å². The molecule has 1 aliphatic heterocycles. The predicted molar refractivity (Wildman–Crippen MR) is 87.8 cm³/mol. The number of rotatable bonds is 7. The van der Waals surface area contributed by atoms with Crippen LogP contribution in [0.4, 0.5) is 0 Å². The molecule has 0 bridgehead atoms. The molecule has 21 heavy (non-hydrogen) atoms. The van der Waals surface area contributed by atoms with Crippen LogP contribution in [0.1, 0.15) is 12.5 Å². The van der Waals surface area contributed by atoms with Crippen molar-refractivity contribution in [1.82, 2.24) is 15.1 Å². The lowest BCUT2D eigenvalue weighted by Gasteiger charge is -2.22. The van der Waals surface area contributed by atoms with Crippen molar-refractivity contribution in [3.8, 4) is 5.75 Å². The average molecular weight is 291 g/mol. The van der Waals surface area contributed by atoms with Gasteiger partial charge in [-0.2, -0.15) is 0 Å². The minimum atomic E-state index is 0.672. The number of hydrogen-bond acceptors (Lipinski definition) is 4. The van der Waals surface area contributed by atoms with E-state index in [1.165, 1.54) is 12.1 Å². The van der Waals surface area contributed by atoms with Crippen molar-refractivity contribution in [2.24, 2.45) is 5.92 Å². The first-order valence-corrected chi connectivity index (χ1v) is 7.85. The molecule has 2 rings (SSSR count). The first-order chi connectivity index (χ1) is 10.1. The highest BCUT2D eigenvalue weighted by Crippen LogP contribution is 2.19. The van der Waals surface area contributed by atoms with Crippen LogP contribution in [0.2, 0.25) is 0 Å². The molecule has 4 nitrogen and oxygen atoms in total. The van der Waals surface area contributed by atoms with Crippen molar-refractivity contribution in [1.29, 1.82) is 0 Å². The van der Waals surface area contributed by atoms with Crippen molar-refractivity contribution in [2.75, 3.05) is 47.4 Å². The van der Waals surface area contributed by atoms with E-state index in [0.29, 0.717) is 6.04 Å². The summed E-state index contributed by atoms with van der Waals surface area (Å²) in [5.41, 5.74) is 1.28. The molecule has 0 aromatic heterocycles. The summed E-state index contributed by atoms with van der Waals surface area (Å²) >= 11 is 0. The van der Waals surface area contributed by atoms with Crippen molar-refractivity contribution >= 4 is 0 Å². The first kappa shape index (κ1) is 16.3. The second kappa shape index (κ2) is 7.78. The van der Waals surface area contributed by atoms with E-state index < -0.39 is 0 Å². The monoisotopic (exact) mass is 291 g/mol. The molecule has 0 amide bonds. The molecule has 1 aromatic rings. The SMILES string of the molecule is CNCc1ccc(OCCN2CC(C)C(N(C)C)C2)cc1. The van der Waals surface area contributed by atoms with E-state index in [-0.39, 0.29) is 0 Å². The summed E-state index contributed by atoms with van der Waals surface area (Å²) in [6.07, 6.45) is 0. The minimum absolute atomic E-state index is 0.672. The molecule has 0 spiro atoms. The highest BCUT2D eigenvalue weighted by atomic mass is 16.5. The fourth-order valence-electron chi connectivity index (χ4n) is 3.10. The minimum Gasteiger partial charge on any atom is -0.492 e. The molecule has 1 aromatic carbocycles. The molecule has 1 heterocycles. The van der Waals surface area contributed by atoms with Gasteiger partial charge in [0.1, 0.15) is 12.4 Å². The van der Waals surface area contributed by atoms with Crippen LogP contribution >= 0.6 is 0 Å². The van der Waals surface area contributed by atoms with Gasteiger partial charge in [0, 0.05) is 32.2 Å². The largest absolute Gasteiger partial charge is 0.492 e. The Bertz CT molecular complexity index is 419. The van der Waals surface area contributed by atoms with Gasteiger partial charge in [-0.3, -0.25) is 4.90 Å². The molecule has 118 valence electrons. The van der Waals surface area contributed by atoms with Crippen LogP contribution in [0.15, 0.2) is 24.3 Å². The third kappa shape index (κ3) is 4.70. The quantitative estimate of drug-likeness (QED) is 0.827. The predicted octanol–water partition coefficient (Wildman–Crippen LogP) is 1.67. The number of benzene rings is 1. The number of nitrogens with one attached hydrogen (secondary N) is 1.